The number of nitrogens with zero attached hydrogens (tertiary/aromatic N) is 1. The maximum Gasteiger partial charge on any atom is 0.0428 e. The molecule has 2 nitrogen and oxygen atoms in total. The third kappa shape index (κ3) is 5.36. The fraction of sp³-hybridized carbons (Fsp3) is 0.545. The zero-order valence-corrected chi connectivity index (χ0v) is 8.93. The molecule has 1 aliphatic rings. The van der Waals surface area contributed by atoms with Crippen molar-refractivity contribution in [1.29, 1.82) is 0 Å². The number of hydrogen-bond donors (Lipinski definition) is 1. The monoisotopic (exact) mass is 180 g/mol. The first kappa shape index (κ1) is 12.1. The Morgan fingerprint density at radius 1 is 1.62 bits per heavy atom. The Bertz CT molecular complexity index is 200. The van der Waals surface area contributed by atoms with Crippen LogP contribution in [0.2, 0.25) is 0 Å². The molecule has 74 valence electrons. The summed E-state index contributed by atoms with van der Waals surface area (Å²) in [4.78, 5) is 3.91. The molecule has 0 aromatic heterocycles. The van der Waals surface area contributed by atoms with E-state index in [9.17, 15) is 0 Å². The molecule has 0 saturated carbocycles. The van der Waals surface area contributed by atoms with E-state index in [0.717, 1.165) is 25.1 Å². The largest absolute Gasteiger partial charge is 0.320 e. The highest BCUT2D eigenvalue weighted by atomic mass is 14.8. The van der Waals surface area contributed by atoms with Gasteiger partial charge in [0.15, 0.2) is 0 Å². The lowest BCUT2D eigenvalue weighted by molar-refractivity contribution is 0.864. The summed E-state index contributed by atoms with van der Waals surface area (Å²) < 4.78 is 0. The Kier molecular flexibility index (Phi) is 7.21. The molecule has 0 amide bonds. The lowest BCUT2D eigenvalue weighted by Gasteiger charge is -2.06. The predicted octanol–water partition coefficient (Wildman–Crippen LogP) is 2.54. The number of nitrogens with one attached hydrogen (secondary N) is 1. The minimum absolute atomic E-state index is 1.06. The molecule has 13 heavy (non-hydrogen) atoms. The molecule has 0 radical (unpaired) electrons. The fourth-order valence-corrected chi connectivity index (χ4v) is 0.977. The van der Waals surface area contributed by atoms with Crippen LogP contribution in [0.25, 0.3) is 0 Å². The molecule has 0 spiro atoms. The van der Waals surface area contributed by atoms with Crippen LogP contribution >= 0.6 is 0 Å². The molecule has 1 aliphatic carbocycles. The molecule has 0 aromatic carbocycles. The molecule has 0 aliphatic heterocycles. The van der Waals surface area contributed by atoms with Crippen LogP contribution in [-0.2, 0) is 0 Å². The second-order valence-electron chi connectivity index (χ2n) is 2.94. The van der Waals surface area contributed by atoms with E-state index in [1.54, 1.807) is 0 Å². The molecule has 0 heterocycles. The Balaban J connectivity index is 0.000000310. The highest BCUT2D eigenvalue weighted by molar-refractivity contribution is 5.35. The topological polar surface area (TPSA) is 24.4 Å². The summed E-state index contributed by atoms with van der Waals surface area (Å²) in [6.45, 7) is 8.70. The number of allylic oxidation sites excluding steroid dienone is 4. The second-order valence-corrected chi connectivity index (χ2v) is 2.94. The normalized spacial score (nSPS) is 15.0. The van der Waals surface area contributed by atoms with Crippen molar-refractivity contribution >= 4 is 6.72 Å². The summed E-state index contributed by atoms with van der Waals surface area (Å²) in [5, 5.41) is 2.93. The van der Waals surface area contributed by atoms with E-state index in [-0.39, 0.29) is 0 Å². The lowest BCUT2D eigenvalue weighted by atomic mass is 10.1. The van der Waals surface area contributed by atoms with Gasteiger partial charge in [0.1, 0.15) is 0 Å². The maximum absolute atomic E-state index is 3.91. The molecular formula is C11H20N2. The number of rotatable bonds is 2. The maximum atomic E-state index is 3.91. The summed E-state index contributed by atoms with van der Waals surface area (Å²) in [5.74, 6) is 0. The van der Waals surface area contributed by atoms with Crippen molar-refractivity contribution in [2.24, 2.45) is 4.99 Å². The molecule has 0 fully saturated rings. The molecule has 1 N–H and O–H groups in total. The van der Waals surface area contributed by atoms with E-state index in [4.69, 9.17) is 0 Å². The van der Waals surface area contributed by atoms with Crippen molar-refractivity contribution in [3.63, 3.8) is 0 Å². The van der Waals surface area contributed by atoms with Crippen LogP contribution < -0.4 is 5.32 Å². The van der Waals surface area contributed by atoms with Gasteiger partial charge in [-0.25, -0.2) is 0 Å². The van der Waals surface area contributed by atoms with E-state index >= 15 is 0 Å². The second kappa shape index (κ2) is 7.74. The van der Waals surface area contributed by atoms with Crippen LogP contribution in [0.3, 0.4) is 0 Å². The Labute approximate surface area is 81.5 Å². The third-order valence-electron chi connectivity index (χ3n) is 1.92. The van der Waals surface area contributed by atoms with Crippen LogP contribution in [-0.4, -0.2) is 20.3 Å². The minimum atomic E-state index is 1.06. The zero-order valence-electron chi connectivity index (χ0n) is 8.93. The molecule has 0 atom stereocenters. The molecule has 1 rings (SSSR count). The zero-order chi connectivity index (χ0) is 10.1. The Hall–Kier alpha value is -0.890. The van der Waals surface area contributed by atoms with Gasteiger partial charge in [-0.2, -0.15) is 0 Å². The van der Waals surface area contributed by atoms with Gasteiger partial charge < -0.3 is 5.32 Å². The SMILES string of the molecule is C=NC1=C(C)C=CCC1.CCNC. The molecule has 2 heteroatoms. The summed E-state index contributed by atoms with van der Waals surface area (Å²) in [7, 11) is 1.93. The molecule has 0 aromatic rings. The van der Waals surface area contributed by atoms with Crippen LogP contribution in [0, 0.1) is 0 Å². The van der Waals surface area contributed by atoms with Crippen molar-refractivity contribution in [1.82, 2.24) is 5.32 Å². The van der Waals surface area contributed by atoms with Gasteiger partial charge in [-0.1, -0.05) is 19.1 Å². The Morgan fingerprint density at radius 2 is 2.23 bits per heavy atom. The summed E-state index contributed by atoms with van der Waals surface area (Å²) in [5.41, 5.74) is 2.41. The van der Waals surface area contributed by atoms with Gasteiger partial charge >= 0.3 is 0 Å². The molecular weight excluding hydrogens is 160 g/mol. The standard InChI is InChI=1S/C8H11N.C3H9N/c1-7-5-3-4-6-8(7)9-2;1-3-4-2/h3,5H,2,4,6H2,1H3;4H,3H2,1-2H3. The number of aliphatic imine (C=N–C) groups is 1. The van der Waals surface area contributed by atoms with Crippen LogP contribution in [0.15, 0.2) is 28.4 Å². The van der Waals surface area contributed by atoms with E-state index in [1.165, 1.54) is 5.57 Å². The van der Waals surface area contributed by atoms with Crippen molar-refractivity contribution in [3.8, 4) is 0 Å². The van der Waals surface area contributed by atoms with Crippen LogP contribution in [0.4, 0.5) is 0 Å². The van der Waals surface area contributed by atoms with E-state index in [1.807, 2.05) is 7.05 Å². The molecule has 0 saturated heterocycles. The van der Waals surface area contributed by atoms with Gasteiger partial charge in [-0.3, -0.25) is 4.99 Å². The van der Waals surface area contributed by atoms with Gasteiger partial charge in [0, 0.05) is 5.70 Å². The van der Waals surface area contributed by atoms with E-state index < -0.39 is 0 Å². The third-order valence-corrected chi connectivity index (χ3v) is 1.92. The summed E-state index contributed by atoms with van der Waals surface area (Å²) in [6.07, 6.45) is 6.45. The summed E-state index contributed by atoms with van der Waals surface area (Å²) in [6, 6.07) is 0. The highest BCUT2D eigenvalue weighted by Crippen LogP contribution is 2.18. The Morgan fingerprint density at radius 3 is 2.54 bits per heavy atom. The van der Waals surface area contributed by atoms with Crippen LogP contribution in [0.1, 0.15) is 26.7 Å². The van der Waals surface area contributed by atoms with Gasteiger partial charge in [0.25, 0.3) is 0 Å². The molecule has 0 unspecified atom stereocenters. The van der Waals surface area contributed by atoms with Crippen molar-refractivity contribution < 1.29 is 0 Å². The van der Waals surface area contributed by atoms with Crippen molar-refractivity contribution in [2.45, 2.75) is 26.7 Å². The predicted molar refractivity (Wildman–Crippen MR) is 60.2 cm³/mol. The smallest absolute Gasteiger partial charge is 0.0428 e. The minimum Gasteiger partial charge on any atom is -0.320 e. The van der Waals surface area contributed by atoms with Gasteiger partial charge in [0.05, 0.1) is 0 Å². The van der Waals surface area contributed by atoms with Gasteiger partial charge in [0.2, 0.25) is 0 Å². The highest BCUT2D eigenvalue weighted by Gasteiger charge is 1.99. The van der Waals surface area contributed by atoms with E-state index in [0.29, 0.717) is 0 Å². The quantitative estimate of drug-likeness (QED) is 0.649. The average Bonchev–Trinajstić information content (AvgIpc) is 2.19. The lowest BCUT2D eigenvalue weighted by Crippen LogP contribution is -2.01. The van der Waals surface area contributed by atoms with Crippen LogP contribution in [0.5, 0.6) is 0 Å². The average molecular weight is 180 g/mol. The number of hydrogen-bond acceptors (Lipinski definition) is 2. The van der Waals surface area contributed by atoms with Gasteiger partial charge in [-0.15, -0.1) is 0 Å². The van der Waals surface area contributed by atoms with Crippen molar-refractivity contribution in [2.75, 3.05) is 13.6 Å². The molecule has 0 bridgehead atoms. The fourth-order valence-electron chi connectivity index (χ4n) is 0.977. The van der Waals surface area contributed by atoms with Gasteiger partial charge in [-0.05, 0) is 45.6 Å². The first-order valence-electron chi connectivity index (χ1n) is 4.73. The summed E-state index contributed by atoms with van der Waals surface area (Å²) >= 11 is 0. The van der Waals surface area contributed by atoms with Crippen molar-refractivity contribution in [3.05, 3.63) is 23.4 Å². The first-order chi connectivity index (χ1) is 6.26. The van der Waals surface area contributed by atoms with E-state index in [2.05, 4.69) is 43.0 Å². The first-order valence-corrected chi connectivity index (χ1v) is 4.73.